The molecule has 27 heavy (non-hydrogen) atoms. The first-order valence-corrected chi connectivity index (χ1v) is 9.27. The second kappa shape index (κ2) is 7.76. The Hall–Kier alpha value is -2.92. The largest absolute Gasteiger partial charge is 0.489 e. The topological polar surface area (TPSA) is 28.1 Å². The summed E-state index contributed by atoms with van der Waals surface area (Å²) in [5.41, 5.74) is 4.60. The van der Waals surface area contributed by atoms with Crippen molar-refractivity contribution in [3.05, 3.63) is 84.4 Å². The highest BCUT2D eigenvalue weighted by Crippen LogP contribution is 2.28. The molecule has 3 aromatic rings. The maximum atomic E-state index is 6.00. The number of nitrogens with zero attached hydrogens (tertiary/aromatic N) is 3. The van der Waals surface area contributed by atoms with E-state index in [9.17, 15) is 0 Å². The molecule has 0 bridgehead atoms. The van der Waals surface area contributed by atoms with Crippen LogP contribution in [0.3, 0.4) is 0 Å². The van der Waals surface area contributed by atoms with Crippen LogP contribution in [0.5, 0.6) is 5.75 Å². The Kier molecular flexibility index (Phi) is 5.03. The Balaban J connectivity index is 1.45. The van der Waals surface area contributed by atoms with Crippen LogP contribution in [0.15, 0.2) is 83.9 Å². The van der Waals surface area contributed by atoms with Gasteiger partial charge in [0.1, 0.15) is 18.7 Å². The fourth-order valence-corrected chi connectivity index (χ4v) is 3.42. The molecule has 0 N–H and O–H groups in total. The molecule has 1 atom stereocenters. The molecule has 0 radical (unpaired) electrons. The minimum absolute atomic E-state index is 0.155. The lowest BCUT2D eigenvalue weighted by Crippen LogP contribution is -2.40. The summed E-state index contributed by atoms with van der Waals surface area (Å²) in [6.45, 7) is 2.52. The van der Waals surface area contributed by atoms with Crippen LogP contribution in [0.4, 0.5) is 5.69 Å². The van der Waals surface area contributed by atoms with Crippen LogP contribution >= 0.6 is 12.8 Å². The van der Waals surface area contributed by atoms with Crippen LogP contribution in [0.25, 0.3) is 11.1 Å². The van der Waals surface area contributed by atoms with Gasteiger partial charge in [0.05, 0.1) is 5.69 Å². The van der Waals surface area contributed by atoms with Crippen molar-refractivity contribution < 1.29 is 4.74 Å². The number of hydrogen-bond acceptors (Lipinski definition) is 5. The number of hydrogen-bond donors (Lipinski definition) is 1. The van der Waals surface area contributed by atoms with E-state index in [0.717, 1.165) is 11.4 Å². The van der Waals surface area contributed by atoms with Crippen LogP contribution in [0.2, 0.25) is 0 Å². The van der Waals surface area contributed by atoms with Crippen molar-refractivity contribution in [3.63, 3.8) is 0 Å². The van der Waals surface area contributed by atoms with Crippen molar-refractivity contribution in [1.82, 2.24) is 4.41 Å². The summed E-state index contributed by atoms with van der Waals surface area (Å²) < 4.78 is 7.71. The second-order valence-corrected chi connectivity index (χ2v) is 6.81. The highest BCUT2D eigenvalue weighted by Gasteiger charge is 2.28. The molecule has 136 valence electrons. The van der Waals surface area contributed by atoms with Gasteiger partial charge in [0.2, 0.25) is 0 Å². The van der Waals surface area contributed by atoms with Crippen LogP contribution in [0, 0.1) is 6.92 Å². The second-order valence-electron chi connectivity index (χ2n) is 6.40. The molecule has 0 saturated carbocycles. The molecule has 0 amide bonds. The minimum Gasteiger partial charge on any atom is -0.489 e. The van der Waals surface area contributed by atoms with Gasteiger partial charge < -0.3 is 4.74 Å². The summed E-state index contributed by atoms with van der Waals surface area (Å²) in [5.74, 6) is 0.826. The number of ether oxygens (including phenoxy) is 1. The fraction of sp³-hybridized carbons (Fsp3) is 0.136. The number of aliphatic imine (C=N–C) groups is 1. The number of hydrazine groups is 1. The van der Waals surface area contributed by atoms with Gasteiger partial charge in [0.15, 0.2) is 6.17 Å². The monoisotopic (exact) mass is 375 g/mol. The summed E-state index contributed by atoms with van der Waals surface area (Å²) >= 11 is 4.49. The van der Waals surface area contributed by atoms with Gasteiger partial charge in [0.25, 0.3) is 0 Å². The van der Waals surface area contributed by atoms with Crippen molar-refractivity contribution in [2.45, 2.75) is 13.1 Å². The van der Waals surface area contributed by atoms with Gasteiger partial charge in [-0.2, -0.15) is 0 Å². The quantitative estimate of drug-likeness (QED) is 0.638. The third-order valence-corrected chi connectivity index (χ3v) is 4.86. The third-order valence-electron chi connectivity index (χ3n) is 4.57. The third kappa shape index (κ3) is 3.78. The maximum absolute atomic E-state index is 6.00. The van der Waals surface area contributed by atoms with E-state index < -0.39 is 0 Å². The van der Waals surface area contributed by atoms with E-state index in [1.807, 2.05) is 47.5 Å². The maximum Gasteiger partial charge on any atom is 0.176 e. The molecule has 4 rings (SSSR count). The van der Waals surface area contributed by atoms with Crippen LogP contribution < -0.4 is 9.75 Å². The molecule has 0 aromatic heterocycles. The van der Waals surface area contributed by atoms with Crippen LogP contribution in [-0.2, 0) is 0 Å². The van der Waals surface area contributed by atoms with E-state index in [1.54, 1.807) is 10.8 Å². The molecule has 1 aliphatic rings. The fourth-order valence-electron chi connectivity index (χ4n) is 3.14. The predicted octanol–water partition coefficient (Wildman–Crippen LogP) is 4.98. The van der Waals surface area contributed by atoms with Gasteiger partial charge in [-0.05, 0) is 54.6 Å². The number of thiol groups is 1. The first kappa shape index (κ1) is 17.5. The lowest BCUT2D eigenvalue weighted by atomic mass is 10.1. The predicted molar refractivity (Wildman–Crippen MR) is 114 cm³/mol. The lowest BCUT2D eigenvalue weighted by Gasteiger charge is -2.31. The number of aryl methyl sites for hydroxylation is 1. The molecular formula is C22H21N3OS. The molecule has 1 unspecified atom stereocenters. The standard InChI is InChI=1S/C22H21N3OS/c1-17-7-5-6-10-21(17)25-22(23-16-24(25)27)15-26-20-13-11-19(12-14-20)18-8-3-2-4-9-18/h2-14,16,22,27H,15H2,1H3. The van der Waals surface area contributed by atoms with Gasteiger partial charge in [-0.15, -0.1) is 0 Å². The molecule has 4 nitrogen and oxygen atoms in total. The summed E-state index contributed by atoms with van der Waals surface area (Å²) in [4.78, 5) is 4.52. The van der Waals surface area contributed by atoms with Gasteiger partial charge in [0, 0.05) is 0 Å². The zero-order valence-corrected chi connectivity index (χ0v) is 16.0. The van der Waals surface area contributed by atoms with Gasteiger partial charge in [-0.3, -0.25) is 0 Å². The van der Waals surface area contributed by atoms with E-state index in [1.165, 1.54) is 16.7 Å². The zero-order chi connectivity index (χ0) is 18.6. The first-order chi connectivity index (χ1) is 13.2. The summed E-state index contributed by atoms with van der Waals surface area (Å²) in [6.07, 6.45) is 1.56. The average molecular weight is 375 g/mol. The SMILES string of the molecule is Cc1ccccc1N1C(COc2ccc(-c3ccccc3)cc2)N=CN1S. The minimum atomic E-state index is -0.155. The normalized spacial score (nSPS) is 16.0. The molecule has 1 heterocycles. The number of benzene rings is 3. The molecule has 1 aliphatic heterocycles. The Morgan fingerprint density at radius 1 is 0.889 bits per heavy atom. The van der Waals surface area contributed by atoms with E-state index in [0.29, 0.717) is 6.61 Å². The highest BCUT2D eigenvalue weighted by molar-refractivity contribution is 7.78. The molecule has 5 heteroatoms. The Morgan fingerprint density at radius 3 is 2.30 bits per heavy atom. The van der Waals surface area contributed by atoms with Gasteiger partial charge in [-0.1, -0.05) is 60.7 Å². The summed E-state index contributed by atoms with van der Waals surface area (Å²) in [7, 11) is 0. The van der Waals surface area contributed by atoms with Gasteiger partial charge in [-0.25, -0.2) is 14.4 Å². The molecular weight excluding hydrogens is 354 g/mol. The van der Waals surface area contributed by atoms with Crippen LogP contribution in [-0.4, -0.2) is 23.5 Å². The zero-order valence-electron chi connectivity index (χ0n) is 15.1. The van der Waals surface area contributed by atoms with E-state index in [2.05, 4.69) is 61.1 Å². The molecule has 0 spiro atoms. The van der Waals surface area contributed by atoms with E-state index >= 15 is 0 Å². The van der Waals surface area contributed by atoms with Gasteiger partial charge >= 0.3 is 0 Å². The number of anilines is 1. The Labute approximate surface area is 165 Å². The van der Waals surface area contributed by atoms with Crippen molar-refractivity contribution >= 4 is 24.8 Å². The molecule has 0 aliphatic carbocycles. The smallest absolute Gasteiger partial charge is 0.176 e. The number of para-hydroxylation sites is 1. The summed E-state index contributed by atoms with van der Waals surface area (Å²) in [6, 6.07) is 26.6. The first-order valence-electron chi connectivity index (χ1n) is 8.87. The average Bonchev–Trinajstić information content (AvgIpc) is 3.08. The van der Waals surface area contributed by atoms with Crippen molar-refractivity contribution in [2.24, 2.45) is 4.99 Å². The van der Waals surface area contributed by atoms with E-state index in [-0.39, 0.29) is 6.17 Å². The highest BCUT2D eigenvalue weighted by atomic mass is 32.1. The Morgan fingerprint density at radius 2 is 1.56 bits per heavy atom. The lowest BCUT2D eigenvalue weighted by molar-refractivity contribution is 0.280. The Bertz CT molecular complexity index is 928. The summed E-state index contributed by atoms with van der Waals surface area (Å²) in [5, 5.41) is 2.02. The number of rotatable bonds is 5. The molecule has 0 saturated heterocycles. The van der Waals surface area contributed by atoms with Crippen LogP contribution in [0.1, 0.15) is 5.56 Å². The molecule has 0 fully saturated rings. The van der Waals surface area contributed by atoms with Crippen molar-refractivity contribution in [2.75, 3.05) is 11.6 Å². The molecule has 3 aromatic carbocycles. The van der Waals surface area contributed by atoms with Crippen molar-refractivity contribution in [1.29, 1.82) is 0 Å². The van der Waals surface area contributed by atoms with Crippen molar-refractivity contribution in [3.8, 4) is 16.9 Å². The van der Waals surface area contributed by atoms with E-state index in [4.69, 9.17) is 4.74 Å².